The summed E-state index contributed by atoms with van der Waals surface area (Å²) >= 11 is 0. The fourth-order valence-electron chi connectivity index (χ4n) is 1.29. The molecule has 5 nitrogen and oxygen atoms in total. The van der Waals surface area contributed by atoms with Crippen molar-refractivity contribution in [2.75, 3.05) is 11.4 Å². The summed E-state index contributed by atoms with van der Waals surface area (Å²) in [6, 6.07) is 7.88. The second-order valence-corrected chi connectivity index (χ2v) is 3.44. The number of anilines is 1. The van der Waals surface area contributed by atoms with Crippen molar-refractivity contribution in [3.8, 4) is 0 Å². The van der Waals surface area contributed by atoms with Gasteiger partial charge in [0.2, 0.25) is 5.91 Å². The highest BCUT2D eigenvalue weighted by molar-refractivity contribution is 6.00. The molecule has 0 aliphatic heterocycles. The van der Waals surface area contributed by atoms with E-state index in [0.717, 1.165) is 4.90 Å². The van der Waals surface area contributed by atoms with Crippen LogP contribution < -0.4 is 10.6 Å². The third kappa shape index (κ3) is 3.06. The summed E-state index contributed by atoms with van der Waals surface area (Å²) < 4.78 is 0. The Bertz CT molecular complexity index is 376. The molecule has 0 saturated heterocycles. The Morgan fingerprint density at radius 2 is 1.94 bits per heavy atom. The lowest BCUT2D eigenvalue weighted by atomic mass is 10.2. The van der Waals surface area contributed by atoms with E-state index in [2.05, 4.69) is 0 Å². The maximum atomic E-state index is 11.7. The van der Waals surface area contributed by atoms with E-state index in [9.17, 15) is 9.59 Å². The summed E-state index contributed by atoms with van der Waals surface area (Å²) in [4.78, 5) is 23.6. The van der Waals surface area contributed by atoms with Crippen LogP contribution in [0.5, 0.6) is 0 Å². The number of carboxylic acids is 1. The van der Waals surface area contributed by atoms with Gasteiger partial charge in [-0.1, -0.05) is 18.2 Å². The van der Waals surface area contributed by atoms with Gasteiger partial charge in [0.25, 0.3) is 0 Å². The molecule has 86 valence electrons. The molecule has 0 heterocycles. The summed E-state index contributed by atoms with van der Waals surface area (Å²) in [5.41, 5.74) is 6.00. The van der Waals surface area contributed by atoms with Crippen molar-refractivity contribution in [3.63, 3.8) is 0 Å². The highest BCUT2D eigenvalue weighted by atomic mass is 16.4. The number of para-hydroxylation sites is 1. The molecule has 1 amide bonds. The van der Waals surface area contributed by atoms with Crippen LogP contribution in [-0.2, 0) is 9.59 Å². The molecule has 1 unspecified atom stereocenters. The van der Waals surface area contributed by atoms with Crippen LogP contribution in [0.15, 0.2) is 30.3 Å². The lowest BCUT2D eigenvalue weighted by molar-refractivity contribution is -0.136. The Balaban J connectivity index is 2.96. The van der Waals surface area contributed by atoms with Gasteiger partial charge in [0.1, 0.15) is 6.54 Å². The van der Waals surface area contributed by atoms with Crippen molar-refractivity contribution in [1.29, 1.82) is 0 Å². The van der Waals surface area contributed by atoms with Crippen LogP contribution in [0.25, 0.3) is 0 Å². The monoisotopic (exact) mass is 222 g/mol. The van der Waals surface area contributed by atoms with E-state index in [0.29, 0.717) is 5.69 Å². The molecule has 0 saturated carbocycles. The van der Waals surface area contributed by atoms with Gasteiger partial charge >= 0.3 is 5.97 Å². The Kier molecular flexibility index (Phi) is 4.02. The normalized spacial score (nSPS) is 11.9. The number of amides is 1. The first-order chi connectivity index (χ1) is 7.52. The third-order valence-electron chi connectivity index (χ3n) is 2.02. The van der Waals surface area contributed by atoms with Crippen molar-refractivity contribution in [2.45, 2.75) is 13.0 Å². The lowest BCUT2D eigenvalue weighted by Gasteiger charge is -2.22. The molecule has 5 heteroatoms. The molecule has 0 aliphatic carbocycles. The van der Waals surface area contributed by atoms with Gasteiger partial charge in [0.05, 0.1) is 6.04 Å². The molecule has 0 radical (unpaired) electrons. The van der Waals surface area contributed by atoms with E-state index < -0.39 is 17.9 Å². The van der Waals surface area contributed by atoms with Gasteiger partial charge in [-0.25, -0.2) is 0 Å². The first-order valence-corrected chi connectivity index (χ1v) is 4.86. The SMILES string of the molecule is CC(N)C(=O)N(CC(=O)O)c1ccccc1. The molecule has 0 aromatic heterocycles. The van der Waals surface area contributed by atoms with Gasteiger partial charge in [-0.3, -0.25) is 14.5 Å². The first kappa shape index (κ1) is 12.2. The summed E-state index contributed by atoms with van der Waals surface area (Å²) in [5.74, 6) is -1.48. The topological polar surface area (TPSA) is 83.6 Å². The lowest BCUT2D eigenvalue weighted by Crippen LogP contribution is -2.44. The van der Waals surface area contributed by atoms with Gasteiger partial charge in [0, 0.05) is 5.69 Å². The fourth-order valence-corrected chi connectivity index (χ4v) is 1.29. The average molecular weight is 222 g/mol. The summed E-state index contributed by atoms with van der Waals surface area (Å²) in [6.45, 7) is 1.14. The van der Waals surface area contributed by atoms with Crippen LogP contribution in [-0.4, -0.2) is 29.6 Å². The zero-order valence-electron chi connectivity index (χ0n) is 8.96. The number of hydrogen-bond donors (Lipinski definition) is 2. The minimum atomic E-state index is -1.07. The summed E-state index contributed by atoms with van der Waals surface area (Å²) in [6.07, 6.45) is 0. The zero-order chi connectivity index (χ0) is 12.1. The molecular weight excluding hydrogens is 208 g/mol. The molecule has 3 N–H and O–H groups in total. The van der Waals surface area contributed by atoms with Crippen LogP contribution in [0.3, 0.4) is 0 Å². The number of aliphatic carboxylic acids is 1. The predicted molar refractivity (Wildman–Crippen MR) is 60.1 cm³/mol. The molecular formula is C11H14N2O3. The smallest absolute Gasteiger partial charge is 0.323 e. The number of carboxylic acid groups (broad SMARTS) is 1. The van der Waals surface area contributed by atoms with Crippen LogP contribution in [0.1, 0.15) is 6.92 Å². The van der Waals surface area contributed by atoms with Crippen molar-refractivity contribution in [1.82, 2.24) is 0 Å². The van der Waals surface area contributed by atoms with Crippen molar-refractivity contribution in [2.24, 2.45) is 5.73 Å². The number of rotatable bonds is 4. The number of carbonyl (C=O) groups excluding carboxylic acids is 1. The Morgan fingerprint density at radius 3 is 2.38 bits per heavy atom. The second kappa shape index (κ2) is 5.27. The molecule has 0 spiro atoms. The molecule has 1 atom stereocenters. The standard InChI is InChI=1S/C11H14N2O3/c1-8(12)11(16)13(7-10(14)15)9-5-3-2-4-6-9/h2-6,8H,7,12H2,1H3,(H,14,15). The van der Waals surface area contributed by atoms with Crippen LogP contribution >= 0.6 is 0 Å². The first-order valence-electron chi connectivity index (χ1n) is 4.86. The van der Waals surface area contributed by atoms with Crippen LogP contribution in [0.2, 0.25) is 0 Å². The maximum absolute atomic E-state index is 11.7. The van der Waals surface area contributed by atoms with Gasteiger partial charge in [-0.05, 0) is 19.1 Å². The van der Waals surface area contributed by atoms with Gasteiger partial charge in [-0.2, -0.15) is 0 Å². The van der Waals surface area contributed by atoms with E-state index in [1.165, 1.54) is 6.92 Å². The second-order valence-electron chi connectivity index (χ2n) is 3.44. The average Bonchev–Trinajstić information content (AvgIpc) is 2.26. The molecule has 1 aromatic rings. The Labute approximate surface area is 93.5 Å². The number of benzene rings is 1. The van der Waals surface area contributed by atoms with E-state index in [4.69, 9.17) is 10.8 Å². The van der Waals surface area contributed by atoms with Gasteiger partial charge < -0.3 is 10.8 Å². The molecule has 1 aromatic carbocycles. The highest BCUT2D eigenvalue weighted by Gasteiger charge is 2.21. The van der Waals surface area contributed by atoms with Crippen LogP contribution in [0.4, 0.5) is 5.69 Å². The molecule has 16 heavy (non-hydrogen) atoms. The highest BCUT2D eigenvalue weighted by Crippen LogP contribution is 2.13. The van der Waals surface area contributed by atoms with E-state index in [-0.39, 0.29) is 6.54 Å². The van der Waals surface area contributed by atoms with E-state index in [1.807, 2.05) is 0 Å². The number of carbonyl (C=O) groups is 2. The summed E-state index contributed by atoms with van der Waals surface area (Å²) in [7, 11) is 0. The molecule has 0 aliphatic rings. The largest absolute Gasteiger partial charge is 0.480 e. The van der Waals surface area contributed by atoms with Crippen LogP contribution in [0, 0.1) is 0 Å². The third-order valence-corrected chi connectivity index (χ3v) is 2.02. The predicted octanol–water partition coefficient (Wildman–Crippen LogP) is 0.451. The maximum Gasteiger partial charge on any atom is 0.323 e. The van der Waals surface area contributed by atoms with Gasteiger partial charge in [-0.15, -0.1) is 0 Å². The molecule has 0 fully saturated rings. The quantitative estimate of drug-likeness (QED) is 0.774. The summed E-state index contributed by atoms with van der Waals surface area (Å²) in [5, 5.41) is 8.74. The van der Waals surface area contributed by atoms with E-state index in [1.54, 1.807) is 30.3 Å². The van der Waals surface area contributed by atoms with E-state index >= 15 is 0 Å². The number of hydrogen-bond acceptors (Lipinski definition) is 3. The van der Waals surface area contributed by atoms with Gasteiger partial charge in [0.15, 0.2) is 0 Å². The van der Waals surface area contributed by atoms with Crippen molar-refractivity contribution < 1.29 is 14.7 Å². The molecule has 1 rings (SSSR count). The van der Waals surface area contributed by atoms with Crippen molar-refractivity contribution in [3.05, 3.63) is 30.3 Å². The van der Waals surface area contributed by atoms with Crippen molar-refractivity contribution >= 4 is 17.6 Å². The minimum absolute atomic E-state index is 0.385. The number of nitrogens with two attached hydrogens (primary N) is 1. The Hall–Kier alpha value is -1.88. The fraction of sp³-hybridized carbons (Fsp3) is 0.273. The zero-order valence-corrected chi connectivity index (χ0v) is 8.96. The number of nitrogens with zero attached hydrogens (tertiary/aromatic N) is 1. The molecule has 0 bridgehead atoms. The Morgan fingerprint density at radius 1 is 1.38 bits per heavy atom. The minimum Gasteiger partial charge on any atom is -0.480 e.